The molecular formula is C52H34N4. The largest absolute Gasteiger partial charge is 0.309 e. The molecule has 11 aromatic rings. The van der Waals surface area contributed by atoms with Crippen LogP contribution in [0.25, 0.3) is 100 Å². The Bertz CT molecular complexity index is 3160. The van der Waals surface area contributed by atoms with Crippen LogP contribution in [0.3, 0.4) is 0 Å². The van der Waals surface area contributed by atoms with E-state index in [0.29, 0.717) is 5.82 Å². The van der Waals surface area contributed by atoms with E-state index < -0.39 is 0 Å². The predicted octanol–water partition coefficient (Wildman–Crippen LogP) is 13.3. The molecule has 4 nitrogen and oxygen atoms in total. The van der Waals surface area contributed by atoms with E-state index in [1.165, 1.54) is 43.7 Å². The molecule has 0 aliphatic carbocycles. The molecule has 0 radical (unpaired) electrons. The molecule has 0 saturated carbocycles. The van der Waals surface area contributed by atoms with Gasteiger partial charge in [0.15, 0.2) is 5.82 Å². The van der Waals surface area contributed by atoms with Crippen molar-refractivity contribution in [3.8, 4) is 56.4 Å². The summed E-state index contributed by atoms with van der Waals surface area (Å²) in [6.45, 7) is 0. The maximum Gasteiger partial charge on any atom is 0.160 e. The molecule has 0 amide bonds. The van der Waals surface area contributed by atoms with Gasteiger partial charge in [0.25, 0.3) is 0 Å². The maximum absolute atomic E-state index is 5.41. The van der Waals surface area contributed by atoms with Crippen molar-refractivity contribution < 1.29 is 0 Å². The summed E-state index contributed by atoms with van der Waals surface area (Å²) in [5, 5.41) is 4.83. The van der Waals surface area contributed by atoms with Crippen molar-refractivity contribution in [2.24, 2.45) is 0 Å². The highest BCUT2D eigenvalue weighted by Crippen LogP contribution is 2.44. The topological polar surface area (TPSA) is 35.6 Å². The lowest BCUT2D eigenvalue weighted by Gasteiger charge is -2.19. The quantitative estimate of drug-likeness (QED) is 0.172. The molecule has 56 heavy (non-hydrogen) atoms. The van der Waals surface area contributed by atoms with Crippen molar-refractivity contribution in [1.29, 1.82) is 0 Å². The number of hydrogen-bond donors (Lipinski definition) is 0. The van der Waals surface area contributed by atoms with Gasteiger partial charge in [-0.3, -0.25) is 0 Å². The predicted molar refractivity (Wildman–Crippen MR) is 232 cm³/mol. The second kappa shape index (κ2) is 13.1. The lowest BCUT2D eigenvalue weighted by atomic mass is 9.98. The first-order valence-corrected chi connectivity index (χ1v) is 19.0. The molecule has 4 heteroatoms. The van der Waals surface area contributed by atoms with Gasteiger partial charge in [-0.2, -0.15) is 0 Å². The fourth-order valence-electron chi connectivity index (χ4n) is 8.47. The van der Waals surface area contributed by atoms with Crippen LogP contribution >= 0.6 is 0 Å². The average molecular weight is 715 g/mol. The monoisotopic (exact) mass is 714 g/mol. The zero-order valence-corrected chi connectivity index (χ0v) is 30.4. The van der Waals surface area contributed by atoms with Gasteiger partial charge in [0, 0.05) is 43.9 Å². The summed E-state index contributed by atoms with van der Waals surface area (Å²) in [5.41, 5.74) is 13.8. The van der Waals surface area contributed by atoms with E-state index in [1.54, 1.807) is 0 Å². The third kappa shape index (κ3) is 5.08. The molecule has 11 rings (SSSR count). The van der Waals surface area contributed by atoms with Gasteiger partial charge in [-0.15, -0.1) is 0 Å². The van der Waals surface area contributed by atoms with E-state index in [2.05, 4.69) is 197 Å². The van der Waals surface area contributed by atoms with E-state index in [4.69, 9.17) is 9.97 Å². The van der Waals surface area contributed by atoms with Crippen LogP contribution in [0, 0.1) is 0 Å². The number of fused-ring (bicyclic) bond motifs is 6. The first kappa shape index (κ1) is 31.9. The number of rotatable bonds is 6. The lowest BCUT2D eigenvalue weighted by Crippen LogP contribution is -2.06. The molecule has 0 aliphatic rings. The summed E-state index contributed by atoms with van der Waals surface area (Å²) < 4.78 is 4.77. The fraction of sp³-hybridized carbons (Fsp3) is 0. The van der Waals surface area contributed by atoms with Crippen LogP contribution < -0.4 is 0 Å². The average Bonchev–Trinajstić information content (AvgIpc) is 3.80. The molecule has 0 spiro atoms. The minimum absolute atomic E-state index is 0.691. The van der Waals surface area contributed by atoms with E-state index in [9.17, 15) is 0 Å². The third-order valence-corrected chi connectivity index (χ3v) is 10.9. The van der Waals surface area contributed by atoms with Crippen LogP contribution in [0.2, 0.25) is 0 Å². The van der Waals surface area contributed by atoms with Crippen LogP contribution in [0.1, 0.15) is 0 Å². The Hall–Kier alpha value is -7.56. The Morgan fingerprint density at radius 1 is 0.321 bits per heavy atom. The van der Waals surface area contributed by atoms with Crippen molar-refractivity contribution in [2.75, 3.05) is 0 Å². The van der Waals surface area contributed by atoms with E-state index in [1.807, 2.05) is 18.2 Å². The van der Waals surface area contributed by atoms with Crippen molar-refractivity contribution in [2.45, 2.75) is 0 Å². The third-order valence-electron chi connectivity index (χ3n) is 10.9. The zero-order valence-electron chi connectivity index (χ0n) is 30.4. The SMILES string of the molecule is c1ccc(-c2nc(-c3ccccc3)c(-n3c4ccccc4c4c(-c5ccc6c(c5)c5ccccc5n6-c5ccccc5)cccc43)c(-c3ccccc3)n2)cc1. The zero-order chi connectivity index (χ0) is 37.0. The summed E-state index contributed by atoms with van der Waals surface area (Å²) in [6, 6.07) is 73.1. The lowest BCUT2D eigenvalue weighted by molar-refractivity contribution is 1.09. The molecule has 0 atom stereocenters. The van der Waals surface area contributed by atoms with Gasteiger partial charge in [-0.25, -0.2) is 9.97 Å². The summed E-state index contributed by atoms with van der Waals surface area (Å²) >= 11 is 0. The number of nitrogens with zero attached hydrogens (tertiary/aromatic N) is 4. The molecule has 3 aromatic heterocycles. The Morgan fingerprint density at radius 2 is 0.821 bits per heavy atom. The highest BCUT2D eigenvalue weighted by Gasteiger charge is 2.25. The highest BCUT2D eigenvalue weighted by molar-refractivity contribution is 6.18. The summed E-state index contributed by atoms with van der Waals surface area (Å²) in [6.07, 6.45) is 0. The highest BCUT2D eigenvalue weighted by atomic mass is 15.1. The molecule has 262 valence electrons. The minimum atomic E-state index is 0.691. The number of aromatic nitrogens is 4. The van der Waals surface area contributed by atoms with Crippen LogP contribution in [0.5, 0.6) is 0 Å². The summed E-state index contributed by atoms with van der Waals surface area (Å²) in [4.78, 5) is 10.8. The smallest absolute Gasteiger partial charge is 0.160 e. The normalized spacial score (nSPS) is 11.6. The van der Waals surface area contributed by atoms with E-state index in [-0.39, 0.29) is 0 Å². The van der Waals surface area contributed by atoms with Gasteiger partial charge in [0.2, 0.25) is 0 Å². The minimum Gasteiger partial charge on any atom is -0.309 e. The van der Waals surface area contributed by atoms with Crippen LogP contribution in [-0.4, -0.2) is 19.1 Å². The Balaban J connectivity index is 1.22. The molecule has 8 aromatic carbocycles. The van der Waals surface area contributed by atoms with Crippen LogP contribution in [0.15, 0.2) is 206 Å². The molecule has 0 unspecified atom stereocenters. The summed E-state index contributed by atoms with van der Waals surface area (Å²) in [5.74, 6) is 0.691. The van der Waals surface area contributed by atoms with Crippen LogP contribution in [0.4, 0.5) is 0 Å². The molecule has 0 fully saturated rings. The fourth-order valence-corrected chi connectivity index (χ4v) is 8.47. The van der Waals surface area contributed by atoms with Crippen molar-refractivity contribution >= 4 is 43.6 Å². The standard InChI is InChI=1S/C52H34N4/c1-5-18-35(19-6-1)49-51(50(36-20-7-2-8-21-36)54-52(53-49)37-22-9-3-10-23-37)56-45-30-16-14-27-42(45)48-40(28-17-31-47(48)56)38-32-33-46-43(34-38)41-26-13-15-29-44(41)55(46)39-24-11-4-12-25-39/h1-34H. The number of hydrogen-bond acceptors (Lipinski definition) is 2. The van der Waals surface area contributed by atoms with Crippen LogP contribution in [-0.2, 0) is 0 Å². The van der Waals surface area contributed by atoms with Gasteiger partial charge >= 0.3 is 0 Å². The molecule has 0 N–H and O–H groups in total. The molecule has 0 bridgehead atoms. The van der Waals surface area contributed by atoms with Crippen molar-refractivity contribution in [1.82, 2.24) is 19.1 Å². The number of benzene rings is 8. The van der Waals surface area contributed by atoms with Gasteiger partial charge < -0.3 is 9.13 Å². The molecule has 0 saturated heterocycles. The van der Waals surface area contributed by atoms with Gasteiger partial charge in [0.1, 0.15) is 0 Å². The van der Waals surface area contributed by atoms with Crippen molar-refractivity contribution in [3.63, 3.8) is 0 Å². The Morgan fingerprint density at radius 3 is 1.46 bits per heavy atom. The van der Waals surface area contributed by atoms with Gasteiger partial charge in [-0.05, 0) is 53.6 Å². The molecular weight excluding hydrogens is 681 g/mol. The Labute approximate surface area is 324 Å². The van der Waals surface area contributed by atoms with E-state index in [0.717, 1.165) is 50.5 Å². The number of para-hydroxylation sites is 3. The maximum atomic E-state index is 5.41. The van der Waals surface area contributed by atoms with E-state index >= 15 is 0 Å². The second-order valence-electron chi connectivity index (χ2n) is 14.2. The van der Waals surface area contributed by atoms with Crippen molar-refractivity contribution in [3.05, 3.63) is 206 Å². The van der Waals surface area contributed by atoms with Gasteiger partial charge in [-0.1, -0.05) is 164 Å². The molecule has 3 heterocycles. The van der Waals surface area contributed by atoms with Gasteiger partial charge in [0.05, 0.1) is 39.1 Å². The first-order valence-electron chi connectivity index (χ1n) is 19.0. The summed E-state index contributed by atoms with van der Waals surface area (Å²) in [7, 11) is 0. The molecule has 0 aliphatic heterocycles. The first-order chi connectivity index (χ1) is 27.8. The second-order valence-corrected chi connectivity index (χ2v) is 14.2. The Kier molecular flexibility index (Phi) is 7.46.